The van der Waals surface area contributed by atoms with Crippen LogP contribution < -0.4 is 0 Å². The number of aryl methyl sites for hydroxylation is 1. The van der Waals surface area contributed by atoms with Crippen molar-refractivity contribution in [2.24, 2.45) is 0 Å². The van der Waals surface area contributed by atoms with Crippen LogP contribution in [0, 0.1) is 6.92 Å². The van der Waals surface area contributed by atoms with Gasteiger partial charge in [-0.3, -0.25) is 4.98 Å². The summed E-state index contributed by atoms with van der Waals surface area (Å²) in [4.78, 5) is 10.2. The molecule has 0 unspecified atom stereocenters. The highest BCUT2D eigenvalue weighted by Gasteiger charge is 2.27. The molecule has 0 amide bonds. The van der Waals surface area contributed by atoms with Crippen molar-refractivity contribution in [1.29, 1.82) is 0 Å². The van der Waals surface area contributed by atoms with Crippen molar-refractivity contribution in [2.45, 2.75) is 13.3 Å². The highest BCUT2D eigenvalue weighted by molar-refractivity contribution is 6.16. The summed E-state index contributed by atoms with van der Waals surface area (Å²) in [5, 5.41) is 5.18. The number of hydrogen-bond donors (Lipinski definition) is 0. The number of rotatable bonds is 1. The normalized spacial score (nSPS) is 12.3. The molecular weight excluding hydrogens is 340 g/mol. The molecule has 0 saturated carbocycles. The minimum Gasteiger partial charge on any atom is -0.253 e. The van der Waals surface area contributed by atoms with E-state index in [-0.39, 0.29) is 0 Å². The van der Waals surface area contributed by atoms with Crippen LogP contribution in [0.1, 0.15) is 17.0 Å². The summed E-state index contributed by atoms with van der Waals surface area (Å²) < 4.78 is 0. The molecule has 28 heavy (non-hydrogen) atoms. The van der Waals surface area contributed by atoms with E-state index in [9.17, 15) is 0 Å². The van der Waals surface area contributed by atoms with Gasteiger partial charge in [0, 0.05) is 17.5 Å². The summed E-state index contributed by atoms with van der Waals surface area (Å²) in [6, 6.07) is 27.8. The zero-order chi connectivity index (χ0) is 18.7. The third-order valence-electron chi connectivity index (χ3n) is 5.81. The molecule has 0 aliphatic heterocycles. The zero-order valence-corrected chi connectivity index (χ0v) is 15.6. The van der Waals surface area contributed by atoms with E-state index >= 15 is 0 Å². The van der Waals surface area contributed by atoms with Crippen LogP contribution in [0.2, 0.25) is 0 Å². The molecule has 2 nitrogen and oxygen atoms in total. The number of fused-ring (bicyclic) bond motifs is 8. The van der Waals surface area contributed by atoms with Crippen molar-refractivity contribution in [3.63, 3.8) is 0 Å². The summed E-state index contributed by atoms with van der Waals surface area (Å²) in [5.41, 5.74) is 7.84. The summed E-state index contributed by atoms with van der Waals surface area (Å²) in [6.45, 7) is 2.06. The molecule has 132 valence electrons. The maximum absolute atomic E-state index is 5.16. The third-order valence-corrected chi connectivity index (χ3v) is 5.81. The predicted molar refractivity (Wildman–Crippen MR) is 115 cm³/mol. The first-order chi connectivity index (χ1) is 13.8. The second-order valence-corrected chi connectivity index (χ2v) is 7.44. The van der Waals surface area contributed by atoms with Crippen LogP contribution in [0.5, 0.6) is 0 Å². The Morgan fingerprint density at radius 1 is 0.607 bits per heavy atom. The van der Waals surface area contributed by atoms with Crippen LogP contribution >= 0.6 is 0 Å². The van der Waals surface area contributed by atoms with E-state index in [2.05, 4.69) is 79.7 Å². The molecule has 2 heteroatoms. The van der Waals surface area contributed by atoms with Crippen molar-refractivity contribution in [1.82, 2.24) is 9.97 Å². The van der Waals surface area contributed by atoms with Crippen LogP contribution in [0.4, 0.5) is 0 Å². The Morgan fingerprint density at radius 3 is 1.96 bits per heavy atom. The monoisotopic (exact) mass is 358 g/mol. The average Bonchev–Trinajstić information content (AvgIpc) is 3.12. The van der Waals surface area contributed by atoms with Crippen molar-refractivity contribution >= 4 is 21.5 Å². The Kier molecular flexibility index (Phi) is 3.18. The lowest BCUT2D eigenvalue weighted by Gasteiger charge is -2.12. The summed E-state index contributed by atoms with van der Waals surface area (Å²) in [7, 11) is 0. The van der Waals surface area contributed by atoms with Gasteiger partial charge < -0.3 is 0 Å². The molecule has 0 atom stereocenters. The highest BCUT2D eigenvalue weighted by atomic mass is 14.9. The van der Waals surface area contributed by atoms with E-state index in [0.717, 1.165) is 34.8 Å². The largest absolute Gasteiger partial charge is 0.253 e. The lowest BCUT2D eigenvalue weighted by atomic mass is 9.93. The minimum atomic E-state index is 0.846. The SMILES string of the molecule is Cc1nc2c(nc1-c1ccccc1)-c1c(c3ccccc3c3ccccc13)C2. The fraction of sp³-hybridized carbons (Fsp3) is 0.0769. The smallest absolute Gasteiger partial charge is 0.0937 e. The Labute approximate surface area is 163 Å². The molecule has 1 aliphatic carbocycles. The maximum Gasteiger partial charge on any atom is 0.0937 e. The molecule has 1 aliphatic rings. The van der Waals surface area contributed by atoms with Gasteiger partial charge in [-0.05, 0) is 34.0 Å². The predicted octanol–water partition coefficient (Wildman–Crippen LogP) is 6.33. The summed E-state index contributed by atoms with van der Waals surface area (Å²) in [6.07, 6.45) is 0.846. The van der Waals surface area contributed by atoms with Gasteiger partial charge in [0.05, 0.1) is 22.8 Å². The number of hydrogen-bond acceptors (Lipinski definition) is 2. The van der Waals surface area contributed by atoms with Crippen LogP contribution in [0.15, 0.2) is 78.9 Å². The Hall–Kier alpha value is -3.52. The lowest BCUT2D eigenvalue weighted by molar-refractivity contribution is 1.04. The first-order valence-corrected chi connectivity index (χ1v) is 9.67. The molecule has 0 spiro atoms. The van der Waals surface area contributed by atoms with Crippen LogP contribution in [0.25, 0.3) is 44.1 Å². The quantitative estimate of drug-likeness (QED) is 0.321. The van der Waals surface area contributed by atoms with E-state index in [1.807, 2.05) is 6.07 Å². The van der Waals surface area contributed by atoms with Gasteiger partial charge in [-0.15, -0.1) is 0 Å². The molecule has 0 fully saturated rings. The highest BCUT2D eigenvalue weighted by Crippen LogP contribution is 2.45. The molecule has 0 N–H and O–H groups in total. The van der Waals surface area contributed by atoms with Gasteiger partial charge in [-0.1, -0.05) is 78.9 Å². The fourth-order valence-corrected chi connectivity index (χ4v) is 4.59. The second kappa shape index (κ2) is 5.74. The number of benzene rings is 4. The van der Waals surface area contributed by atoms with Gasteiger partial charge in [0.1, 0.15) is 0 Å². The Morgan fingerprint density at radius 2 is 1.21 bits per heavy atom. The van der Waals surface area contributed by atoms with Gasteiger partial charge in [-0.25, -0.2) is 4.98 Å². The molecule has 5 aromatic rings. The van der Waals surface area contributed by atoms with Crippen molar-refractivity contribution in [2.75, 3.05) is 0 Å². The molecule has 6 rings (SSSR count). The molecule has 0 bridgehead atoms. The van der Waals surface area contributed by atoms with Gasteiger partial charge in [0.2, 0.25) is 0 Å². The second-order valence-electron chi connectivity index (χ2n) is 7.44. The van der Waals surface area contributed by atoms with Gasteiger partial charge in [0.15, 0.2) is 0 Å². The van der Waals surface area contributed by atoms with Gasteiger partial charge in [0.25, 0.3) is 0 Å². The topological polar surface area (TPSA) is 25.8 Å². The number of aromatic nitrogens is 2. The minimum absolute atomic E-state index is 0.846. The molecule has 1 aromatic heterocycles. The molecule has 1 heterocycles. The maximum atomic E-state index is 5.16. The van der Waals surface area contributed by atoms with Crippen molar-refractivity contribution < 1.29 is 0 Å². The van der Waals surface area contributed by atoms with Crippen LogP contribution in [-0.2, 0) is 6.42 Å². The summed E-state index contributed by atoms with van der Waals surface area (Å²) in [5.74, 6) is 0. The first kappa shape index (κ1) is 15.5. The van der Waals surface area contributed by atoms with E-state index in [4.69, 9.17) is 9.97 Å². The molecule has 0 saturated heterocycles. The zero-order valence-electron chi connectivity index (χ0n) is 15.6. The van der Waals surface area contributed by atoms with E-state index in [1.165, 1.54) is 32.7 Å². The van der Waals surface area contributed by atoms with E-state index in [1.54, 1.807) is 0 Å². The van der Waals surface area contributed by atoms with Crippen LogP contribution in [0.3, 0.4) is 0 Å². The standard InChI is InChI=1S/C26H18N2/c1-16-25(17-9-3-2-4-10-17)28-26-23(27-16)15-22-20-13-6-5-11-18(20)19-12-7-8-14-21(19)24(22)26/h2-14H,15H2,1H3. The Balaban J connectivity index is 1.73. The fourth-order valence-electron chi connectivity index (χ4n) is 4.59. The van der Waals surface area contributed by atoms with Crippen LogP contribution in [-0.4, -0.2) is 9.97 Å². The molecule has 4 aromatic carbocycles. The average molecular weight is 358 g/mol. The summed E-state index contributed by atoms with van der Waals surface area (Å²) >= 11 is 0. The molecular formula is C26H18N2. The lowest BCUT2D eigenvalue weighted by Crippen LogP contribution is -1.98. The van der Waals surface area contributed by atoms with Gasteiger partial charge in [-0.2, -0.15) is 0 Å². The van der Waals surface area contributed by atoms with Crippen molar-refractivity contribution in [3.05, 3.63) is 95.8 Å². The Bertz CT molecular complexity index is 1380. The van der Waals surface area contributed by atoms with Crippen molar-refractivity contribution in [3.8, 4) is 22.5 Å². The third kappa shape index (κ3) is 2.09. The van der Waals surface area contributed by atoms with Gasteiger partial charge >= 0.3 is 0 Å². The van der Waals surface area contributed by atoms with E-state index < -0.39 is 0 Å². The molecule has 0 radical (unpaired) electrons. The van der Waals surface area contributed by atoms with E-state index in [0.29, 0.717) is 0 Å². The first-order valence-electron chi connectivity index (χ1n) is 9.67. The number of nitrogens with zero attached hydrogens (tertiary/aromatic N) is 2.